The van der Waals surface area contributed by atoms with Crippen LogP contribution in [0.3, 0.4) is 0 Å². The molecule has 3 heteroatoms. The van der Waals surface area contributed by atoms with E-state index >= 15 is 0 Å². The zero-order chi connectivity index (χ0) is 12.1. The van der Waals surface area contributed by atoms with Gasteiger partial charge in [-0.25, -0.2) is 0 Å². The van der Waals surface area contributed by atoms with E-state index in [1.807, 2.05) is 0 Å². The van der Waals surface area contributed by atoms with Crippen molar-refractivity contribution in [1.82, 2.24) is 0 Å². The summed E-state index contributed by atoms with van der Waals surface area (Å²) in [5.41, 5.74) is 0. The lowest BCUT2D eigenvalue weighted by Gasteiger charge is -2.36. The number of rotatable bonds is 5. The summed E-state index contributed by atoms with van der Waals surface area (Å²) in [5.74, 6) is 0. The second-order valence-electron chi connectivity index (χ2n) is 5.54. The van der Waals surface area contributed by atoms with Gasteiger partial charge in [-0.05, 0) is 42.4 Å². The molecule has 0 aliphatic heterocycles. The average molecular weight is 293 g/mol. The molecule has 0 amide bonds. The van der Waals surface area contributed by atoms with Gasteiger partial charge in [-0.2, -0.15) is 0 Å². The van der Waals surface area contributed by atoms with Gasteiger partial charge in [-0.3, -0.25) is 0 Å². The van der Waals surface area contributed by atoms with E-state index in [1.165, 1.54) is 4.48 Å². The Morgan fingerprint density at radius 1 is 1.33 bits per heavy atom. The molecule has 90 valence electrons. The molecular weight excluding hydrogens is 268 g/mol. The Morgan fingerprint density at radius 3 is 2.27 bits per heavy atom. The van der Waals surface area contributed by atoms with Crippen LogP contribution in [0.25, 0.3) is 0 Å². The molecule has 15 heavy (non-hydrogen) atoms. The molecule has 0 spiro atoms. The van der Waals surface area contributed by atoms with Gasteiger partial charge in [0.1, 0.15) is 0 Å². The minimum absolute atomic E-state index is 0.328. The molecule has 0 aromatic carbocycles. The monoisotopic (exact) mass is 292 g/mol. The fourth-order valence-corrected chi connectivity index (χ4v) is 2.24. The predicted molar refractivity (Wildman–Crippen MR) is 75.1 cm³/mol. The molecule has 0 N–H and O–H groups in total. The molecule has 0 heterocycles. The Hall–Kier alpha value is 0.397. The lowest BCUT2D eigenvalue weighted by atomic mass is 10.2. The van der Waals surface area contributed by atoms with E-state index in [-0.39, 0.29) is 0 Å². The first-order chi connectivity index (χ1) is 6.67. The molecule has 0 aliphatic rings. The van der Waals surface area contributed by atoms with Crippen LogP contribution in [0.4, 0.5) is 0 Å². The van der Waals surface area contributed by atoms with Gasteiger partial charge >= 0.3 is 0 Å². The Bertz CT molecular complexity index is 212. The molecule has 0 fully saturated rings. The number of halogens is 1. The maximum atomic E-state index is 6.07. The number of unbranched alkanes of at least 4 members (excludes halogenated alkanes) is 1. The Balaban J connectivity index is 3.82. The summed E-state index contributed by atoms with van der Waals surface area (Å²) < 4.78 is 7.29. The van der Waals surface area contributed by atoms with Gasteiger partial charge in [-0.15, -0.1) is 0 Å². The van der Waals surface area contributed by atoms with Crippen LogP contribution in [0.2, 0.25) is 18.1 Å². The minimum Gasteiger partial charge on any atom is -0.417 e. The third kappa shape index (κ3) is 6.54. The average Bonchev–Trinajstić information content (AvgIpc) is 2.00. The number of allylic oxidation sites excluding steroid dienone is 2. The van der Waals surface area contributed by atoms with Gasteiger partial charge in [0.2, 0.25) is 0 Å². The third-order valence-electron chi connectivity index (χ3n) is 3.04. The van der Waals surface area contributed by atoms with Crippen molar-refractivity contribution in [2.75, 3.05) is 6.61 Å². The summed E-state index contributed by atoms with van der Waals surface area (Å²) in [6.45, 7) is 14.4. The van der Waals surface area contributed by atoms with Crippen molar-refractivity contribution in [3.05, 3.63) is 10.6 Å². The standard InChI is InChI=1S/C12H25BrOSi/c1-11(13)9-7-8-10-14-15(5,6)12(2,3)4/h9H,7-8,10H2,1-6H3. The largest absolute Gasteiger partial charge is 0.417 e. The highest BCUT2D eigenvalue weighted by molar-refractivity contribution is 9.11. The molecular formula is C12H25BrOSi. The second-order valence-corrected chi connectivity index (χ2v) is 11.6. The summed E-state index contributed by atoms with van der Waals surface area (Å²) >= 11 is 3.43. The summed E-state index contributed by atoms with van der Waals surface area (Å²) in [7, 11) is -1.51. The fourth-order valence-electron chi connectivity index (χ4n) is 0.928. The van der Waals surface area contributed by atoms with Crippen molar-refractivity contribution < 1.29 is 4.43 Å². The summed E-state index contributed by atoms with van der Waals surface area (Å²) in [6, 6.07) is 0. The van der Waals surface area contributed by atoms with Crippen molar-refractivity contribution >= 4 is 24.2 Å². The van der Waals surface area contributed by atoms with Crippen LogP contribution in [0.1, 0.15) is 40.5 Å². The van der Waals surface area contributed by atoms with Gasteiger partial charge < -0.3 is 4.43 Å². The van der Waals surface area contributed by atoms with Crippen LogP contribution >= 0.6 is 15.9 Å². The molecule has 0 radical (unpaired) electrons. The molecule has 0 rings (SSSR count). The zero-order valence-electron chi connectivity index (χ0n) is 11.0. The maximum Gasteiger partial charge on any atom is 0.191 e. The Morgan fingerprint density at radius 2 is 1.87 bits per heavy atom. The van der Waals surface area contributed by atoms with Crippen molar-refractivity contribution in [2.45, 2.75) is 58.7 Å². The van der Waals surface area contributed by atoms with Gasteiger partial charge in [0.15, 0.2) is 8.32 Å². The molecule has 0 saturated carbocycles. The van der Waals surface area contributed by atoms with E-state index in [0.717, 1.165) is 19.4 Å². The lowest BCUT2D eigenvalue weighted by molar-refractivity contribution is 0.283. The van der Waals surface area contributed by atoms with E-state index in [2.05, 4.69) is 62.8 Å². The molecule has 1 nitrogen and oxygen atoms in total. The molecule has 0 bridgehead atoms. The number of hydrogen-bond acceptors (Lipinski definition) is 1. The maximum absolute atomic E-state index is 6.07. The Kier molecular flexibility index (Phi) is 6.38. The van der Waals surface area contributed by atoms with Crippen LogP contribution in [0, 0.1) is 0 Å². The van der Waals surface area contributed by atoms with Crippen LogP contribution in [-0.4, -0.2) is 14.9 Å². The lowest BCUT2D eigenvalue weighted by Crippen LogP contribution is -2.40. The van der Waals surface area contributed by atoms with E-state index in [9.17, 15) is 0 Å². The SMILES string of the molecule is CC(Br)=CCCCO[Si](C)(C)C(C)(C)C. The van der Waals surface area contributed by atoms with E-state index in [4.69, 9.17) is 4.43 Å². The highest BCUT2D eigenvalue weighted by atomic mass is 79.9. The van der Waals surface area contributed by atoms with Gasteiger partial charge in [0.25, 0.3) is 0 Å². The van der Waals surface area contributed by atoms with E-state index in [0.29, 0.717) is 5.04 Å². The van der Waals surface area contributed by atoms with Crippen molar-refractivity contribution in [3.63, 3.8) is 0 Å². The highest BCUT2D eigenvalue weighted by Gasteiger charge is 2.36. The van der Waals surface area contributed by atoms with Crippen LogP contribution in [-0.2, 0) is 4.43 Å². The van der Waals surface area contributed by atoms with Crippen LogP contribution in [0.5, 0.6) is 0 Å². The van der Waals surface area contributed by atoms with Crippen molar-refractivity contribution in [2.24, 2.45) is 0 Å². The van der Waals surface area contributed by atoms with Gasteiger partial charge in [0.05, 0.1) is 0 Å². The normalized spacial score (nSPS) is 14.5. The molecule has 0 aliphatic carbocycles. The highest BCUT2D eigenvalue weighted by Crippen LogP contribution is 2.36. The van der Waals surface area contributed by atoms with E-state index in [1.54, 1.807) is 0 Å². The topological polar surface area (TPSA) is 9.23 Å². The molecule has 0 aromatic heterocycles. The smallest absolute Gasteiger partial charge is 0.191 e. The fraction of sp³-hybridized carbons (Fsp3) is 0.833. The summed E-state index contributed by atoms with van der Waals surface area (Å²) in [6.07, 6.45) is 4.43. The molecule has 0 aromatic rings. The quantitative estimate of drug-likeness (QED) is 0.507. The summed E-state index contributed by atoms with van der Waals surface area (Å²) in [5, 5.41) is 0.328. The van der Waals surface area contributed by atoms with Crippen LogP contribution < -0.4 is 0 Å². The molecule has 0 atom stereocenters. The Labute approximate surface area is 105 Å². The number of hydrogen-bond donors (Lipinski definition) is 0. The third-order valence-corrected chi connectivity index (χ3v) is 7.91. The zero-order valence-corrected chi connectivity index (χ0v) is 13.6. The van der Waals surface area contributed by atoms with Crippen molar-refractivity contribution in [1.29, 1.82) is 0 Å². The first-order valence-corrected chi connectivity index (χ1v) is 9.33. The minimum atomic E-state index is -1.51. The first kappa shape index (κ1) is 15.4. The molecule has 0 unspecified atom stereocenters. The second kappa shape index (κ2) is 6.21. The summed E-state index contributed by atoms with van der Waals surface area (Å²) in [4.78, 5) is 0. The predicted octanol–water partition coefficient (Wildman–Crippen LogP) is 5.09. The van der Waals surface area contributed by atoms with Gasteiger partial charge in [0, 0.05) is 6.61 Å². The molecule has 0 saturated heterocycles. The van der Waals surface area contributed by atoms with Crippen molar-refractivity contribution in [3.8, 4) is 0 Å². The van der Waals surface area contributed by atoms with Gasteiger partial charge in [-0.1, -0.05) is 42.8 Å². The first-order valence-electron chi connectivity index (χ1n) is 5.63. The van der Waals surface area contributed by atoms with E-state index < -0.39 is 8.32 Å². The van der Waals surface area contributed by atoms with Crippen LogP contribution in [0.15, 0.2) is 10.6 Å².